The molecule has 1 aliphatic rings. The first kappa shape index (κ1) is 14.2. The average Bonchev–Trinajstić information content (AvgIpc) is 2.85. The average molecular weight is 264 g/mol. The molecule has 0 radical (unpaired) electrons. The van der Waals surface area contributed by atoms with E-state index >= 15 is 0 Å². The van der Waals surface area contributed by atoms with Crippen LogP contribution in [0.15, 0.2) is 6.33 Å². The Kier molecular flexibility index (Phi) is 5.51. The van der Waals surface area contributed by atoms with Crippen LogP contribution >= 0.6 is 0 Å². The van der Waals surface area contributed by atoms with Crippen LogP contribution in [0.2, 0.25) is 0 Å². The molecule has 1 aliphatic heterocycles. The van der Waals surface area contributed by atoms with Crippen molar-refractivity contribution in [1.82, 2.24) is 20.1 Å². The Morgan fingerprint density at radius 3 is 3.21 bits per heavy atom. The molecule has 19 heavy (non-hydrogen) atoms. The topological polar surface area (TPSA) is 59.8 Å². The lowest BCUT2D eigenvalue weighted by atomic mass is 9.93. The van der Waals surface area contributed by atoms with Crippen molar-refractivity contribution in [2.75, 3.05) is 13.1 Å². The van der Waals surface area contributed by atoms with Gasteiger partial charge in [0.2, 0.25) is 0 Å². The van der Waals surface area contributed by atoms with Crippen molar-refractivity contribution in [3.8, 4) is 0 Å². The smallest absolute Gasteiger partial charge is 0.140 e. The second kappa shape index (κ2) is 7.38. The van der Waals surface area contributed by atoms with Crippen molar-refractivity contribution in [3.63, 3.8) is 0 Å². The van der Waals surface area contributed by atoms with Gasteiger partial charge >= 0.3 is 0 Å². The summed E-state index contributed by atoms with van der Waals surface area (Å²) in [4.78, 5) is 16.2. The summed E-state index contributed by atoms with van der Waals surface area (Å²) in [5.41, 5.74) is 0. The minimum Gasteiger partial charge on any atom is -0.316 e. The molecular weight excluding hydrogens is 240 g/mol. The second-order valence-electron chi connectivity index (χ2n) is 5.37. The maximum atomic E-state index is 12.0. The largest absolute Gasteiger partial charge is 0.316 e. The van der Waals surface area contributed by atoms with Gasteiger partial charge in [-0.05, 0) is 44.7 Å². The number of hydrogen-bond acceptors (Lipinski definition) is 4. The van der Waals surface area contributed by atoms with Crippen LogP contribution in [0.1, 0.15) is 44.9 Å². The Labute approximate surface area is 114 Å². The number of carbonyl (C=O) groups excluding carboxylic acids is 1. The maximum absolute atomic E-state index is 12.0. The number of nitrogens with zero attached hydrogens (tertiary/aromatic N) is 3. The molecule has 0 amide bonds. The molecule has 0 aromatic carbocycles. The normalized spacial score (nSPS) is 19.5. The first-order valence-corrected chi connectivity index (χ1v) is 7.38. The van der Waals surface area contributed by atoms with Gasteiger partial charge in [-0.15, -0.1) is 0 Å². The van der Waals surface area contributed by atoms with Crippen LogP contribution in [0.25, 0.3) is 0 Å². The summed E-state index contributed by atoms with van der Waals surface area (Å²) in [6, 6.07) is 0. The molecular formula is C14H24N4O. The first-order chi connectivity index (χ1) is 9.29. The summed E-state index contributed by atoms with van der Waals surface area (Å²) in [6.07, 6.45) is 7.16. The van der Waals surface area contributed by atoms with Gasteiger partial charge in [-0.25, -0.2) is 9.67 Å². The summed E-state index contributed by atoms with van der Waals surface area (Å²) in [5, 5.41) is 7.54. The van der Waals surface area contributed by atoms with Crippen molar-refractivity contribution in [3.05, 3.63) is 12.2 Å². The van der Waals surface area contributed by atoms with Crippen molar-refractivity contribution in [2.24, 2.45) is 5.92 Å². The van der Waals surface area contributed by atoms with Gasteiger partial charge in [-0.3, -0.25) is 4.79 Å². The van der Waals surface area contributed by atoms with Crippen LogP contribution < -0.4 is 5.32 Å². The van der Waals surface area contributed by atoms with Crippen LogP contribution in [0.5, 0.6) is 0 Å². The molecule has 2 rings (SSSR count). The summed E-state index contributed by atoms with van der Waals surface area (Å²) >= 11 is 0. The van der Waals surface area contributed by atoms with Crippen molar-refractivity contribution < 1.29 is 4.79 Å². The Bertz CT molecular complexity index is 396. The predicted octanol–water partition coefficient (Wildman–Crippen LogP) is 1.58. The van der Waals surface area contributed by atoms with Crippen LogP contribution in [0.4, 0.5) is 0 Å². The van der Waals surface area contributed by atoms with E-state index in [9.17, 15) is 4.79 Å². The van der Waals surface area contributed by atoms with Gasteiger partial charge < -0.3 is 5.32 Å². The van der Waals surface area contributed by atoms with Gasteiger partial charge in [0.15, 0.2) is 0 Å². The number of carbonyl (C=O) groups is 1. The molecule has 1 saturated heterocycles. The van der Waals surface area contributed by atoms with Gasteiger partial charge in [0.1, 0.15) is 17.9 Å². The standard InChI is InChI=1S/C14H24N4O/c1-2-8-18-14(16-11-17-18)9-13(19)6-5-12-4-3-7-15-10-12/h11-12,15H,2-10H2,1H3. The van der Waals surface area contributed by atoms with Crippen molar-refractivity contribution in [2.45, 2.75) is 52.0 Å². The summed E-state index contributed by atoms with van der Waals surface area (Å²) in [6.45, 7) is 5.14. The van der Waals surface area contributed by atoms with Gasteiger partial charge in [0, 0.05) is 13.0 Å². The van der Waals surface area contributed by atoms with E-state index in [1.54, 1.807) is 6.33 Å². The Morgan fingerprint density at radius 1 is 1.58 bits per heavy atom. The van der Waals surface area contributed by atoms with E-state index in [-0.39, 0.29) is 5.78 Å². The van der Waals surface area contributed by atoms with Gasteiger partial charge in [-0.2, -0.15) is 5.10 Å². The molecule has 106 valence electrons. The van der Waals surface area contributed by atoms with E-state index < -0.39 is 0 Å². The van der Waals surface area contributed by atoms with Crippen LogP contribution in [-0.4, -0.2) is 33.6 Å². The summed E-state index contributed by atoms with van der Waals surface area (Å²) < 4.78 is 1.85. The Hall–Kier alpha value is -1.23. The zero-order valence-corrected chi connectivity index (χ0v) is 11.8. The number of Topliss-reactive ketones (excluding diaryl/α,β-unsaturated/α-hetero) is 1. The molecule has 0 bridgehead atoms. The molecule has 1 N–H and O–H groups in total. The fourth-order valence-electron chi connectivity index (χ4n) is 2.62. The van der Waals surface area contributed by atoms with Crippen molar-refractivity contribution >= 4 is 5.78 Å². The molecule has 5 nitrogen and oxygen atoms in total. The molecule has 5 heteroatoms. The molecule has 0 saturated carbocycles. The highest BCUT2D eigenvalue weighted by Gasteiger charge is 2.16. The quantitative estimate of drug-likeness (QED) is 0.812. The van der Waals surface area contributed by atoms with E-state index in [1.807, 2.05) is 4.68 Å². The number of rotatable bonds is 7. The van der Waals surface area contributed by atoms with Gasteiger partial charge in [-0.1, -0.05) is 6.92 Å². The fourth-order valence-corrected chi connectivity index (χ4v) is 2.62. The van der Waals surface area contributed by atoms with Crippen LogP contribution in [0, 0.1) is 5.92 Å². The Balaban J connectivity index is 1.75. The first-order valence-electron chi connectivity index (χ1n) is 7.38. The fraction of sp³-hybridized carbons (Fsp3) is 0.786. The highest BCUT2D eigenvalue weighted by Crippen LogP contribution is 2.16. The lowest BCUT2D eigenvalue weighted by Crippen LogP contribution is -2.30. The van der Waals surface area contributed by atoms with Gasteiger partial charge in [0.05, 0.1) is 6.42 Å². The molecule has 0 spiro atoms. The highest BCUT2D eigenvalue weighted by atomic mass is 16.1. The van der Waals surface area contributed by atoms with E-state index in [4.69, 9.17) is 0 Å². The lowest BCUT2D eigenvalue weighted by Gasteiger charge is -2.22. The lowest BCUT2D eigenvalue weighted by molar-refractivity contribution is -0.118. The minimum absolute atomic E-state index is 0.288. The third kappa shape index (κ3) is 4.42. The zero-order valence-electron chi connectivity index (χ0n) is 11.8. The number of hydrogen-bond donors (Lipinski definition) is 1. The molecule has 2 heterocycles. The number of aryl methyl sites for hydroxylation is 1. The van der Waals surface area contributed by atoms with Crippen molar-refractivity contribution in [1.29, 1.82) is 0 Å². The third-order valence-electron chi connectivity index (χ3n) is 3.72. The number of piperidine rings is 1. The molecule has 1 unspecified atom stereocenters. The maximum Gasteiger partial charge on any atom is 0.140 e. The molecule has 1 aromatic heterocycles. The number of ketones is 1. The molecule has 1 atom stereocenters. The zero-order chi connectivity index (χ0) is 13.5. The molecule has 1 aromatic rings. The van der Waals surface area contributed by atoms with E-state index in [0.717, 1.165) is 38.3 Å². The second-order valence-corrected chi connectivity index (χ2v) is 5.37. The van der Waals surface area contributed by atoms with E-state index in [2.05, 4.69) is 22.3 Å². The van der Waals surface area contributed by atoms with E-state index in [1.165, 1.54) is 12.8 Å². The molecule has 0 aliphatic carbocycles. The molecule has 1 fully saturated rings. The number of aromatic nitrogens is 3. The van der Waals surface area contributed by atoms with Crippen LogP contribution in [0.3, 0.4) is 0 Å². The Morgan fingerprint density at radius 2 is 2.47 bits per heavy atom. The number of nitrogens with one attached hydrogen (secondary N) is 1. The minimum atomic E-state index is 0.288. The summed E-state index contributed by atoms with van der Waals surface area (Å²) in [7, 11) is 0. The predicted molar refractivity (Wildman–Crippen MR) is 73.9 cm³/mol. The SMILES string of the molecule is CCCn1ncnc1CC(=O)CCC1CCCNC1. The third-order valence-corrected chi connectivity index (χ3v) is 3.72. The summed E-state index contributed by atoms with van der Waals surface area (Å²) in [5.74, 6) is 1.77. The van der Waals surface area contributed by atoms with Crippen LogP contribution in [-0.2, 0) is 17.8 Å². The van der Waals surface area contributed by atoms with Gasteiger partial charge in [0.25, 0.3) is 0 Å². The monoisotopic (exact) mass is 264 g/mol. The van der Waals surface area contributed by atoms with E-state index in [0.29, 0.717) is 18.8 Å². The highest BCUT2D eigenvalue weighted by molar-refractivity contribution is 5.80.